The number of ether oxygens (including phenoxy) is 2. The fourth-order valence-electron chi connectivity index (χ4n) is 2.45. The smallest absolute Gasteiger partial charge is 0.230 e. The molecule has 1 unspecified atom stereocenters. The molecule has 8 heteroatoms. The maximum absolute atomic E-state index is 12.1. The molecular weight excluding hydrogens is 358 g/mol. The van der Waals surface area contributed by atoms with Gasteiger partial charge in [-0.3, -0.25) is 4.79 Å². The van der Waals surface area contributed by atoms with E-state index in [0.29, 0.717) is 24.7 Å². The third kappa shape index (κ3) is 3.69. The molecule has 1 aliphatic heterocycles. The molecule has 128 valence electrons. The summed E-state index contributed by atoms with van der Waals surface area (Å²) in [6.45, 7) is 0.831. The largest absolute Gasteiger partial charge is 0.486 e. The molecule has 6 nitrogen and oxygen atoms in total. The monoisotopic (exact) mass is 373 g/mol. The van der Waals surface area contributed by atoms with Crippen LogP contribution in [0.25, 0.3) is 10.2 Å². The summed E-state index contributed by atoms with van der Waals surface area (Å²) in [5.41, 5.74) is 0.911. The molecule has 0 saturated heterocycles. The normalized spacial score (nSPS) is 15.9. The first-order valence-corrected chi connectivity index (χ1v) is 9.62. The Hall–Kier alpha value is -2.32. The van der Waals surface area contributed by atoms with Gasteiger partial charge in [0.05, 0.1) is 22.5 Å². The highest BCUT2D eigenvalue weighted by Gasteiger charge is 2.21. The number of rotatable bonds is 5. The van der Waals surface area contributed by atoms with Crippen molar-refractivity contribution >= 4 is 39.2 Å². The number of carbonyl (C=O) groups excluding carboxylic acids is 1. The van der Waals surface area contributed by atoms with Crippen LogP contribution in [0.5, 0.6) is 11.5 Å². The zero-order valence-electron chi connectivity index (χ0n) is 13.2. The van der Waals surface area contributed by atoms with Gasteiger partial charge in [0, 0.05) is 0 Å². The highest BCUT2D eigenvalue weighted by atomic mass is 32.2. The van der Waals surface area contributed by atoms with Gasteiger partial charge in [0.2, 0.25) is 5.91 Å². The molecular formula is C17H15N3O3S2. The molecule has 2 aromatic heterocycles. The topological polar surface area (TPSA) is 73.3 Å². The van der Waals surface area contributed by atoms with Crippen molar-refractivity contribution in [1.82, 2.24) is 15.3 Å². The van der Waals surface area contributed by atoms with E-state index in [0.717, 1.165) is 21.0 Å². The van der Waals surface area contributed by atoms with Crippen molar-refractivity contribution in [2.45, 2.75) is 11.1 Å². The average molecular weight is 373 g/mol. The Balaban J connectivity index is 1.28. The minimum atomic E-state index is -0.188. The lowest BCUT2D eigenvalue weighted by atomic mass is 10.2. The second-order valence-electron chi connectivity index (χ2n) is 5.40. The van der Waals surface area contributed by atoms with Crippen LogP contribution in [0, 0.1) is 0 Å². The van der Waals surface area contributed by atoms with Crippen molar-refractivity contribution in [3.8, 4) is 11.5 Å². The van der Waals surface area contributed by atoms with Crippen LogP contribution in [-0.4, -0.2) is 40.9 Å². The zero-order valence-corrected chi connectivity index (χ0v) is 14.8. The van der Waals surface area contributed by atoms with Crippen LogP contribution in [0.2, 0.25) is 0 Å². The second kappa shape index (κ2) is 7.28. The van der Waals surface area contributed by atoms with E-state index in [9.17, 15) is 4.79 Å². The van der Waals surface area contributed by atoms with Crippen molar-refractivity contribution < 1.29 is 14.3 Å². The van der Waals surface area contributed by atoms with Crippen molar-refractivity contribution in [3.63, 3.8) is 0 Å². The molecule has 1 aliphatic rings. The lowest BCUT2D eigenvalue weighted by Crippen LogP contribution is -2.41. The summed E-state index contributed by atoms with van der Waals surface area (Å²) in [5, 5.41) is 5.70. The number of nitrogens with zero attached hydrogens (tertiary/aromatic N) is 2. The molecule has 0 bridgehead atoms. The van der Waals surface area contributed by atoms with Crippen molar-refractivity contribution in [3.05, 3.63) is 42.0 Å². The van der Waals surface area contributed by atoms with Crippen LogP contribution >= 0.6 is 23.1 Å². The number of thioether (sulfide) groups is 1. The van der Waals surface area contributed by atoms with Gasteiger partial charge in [-0.15, -0.1) is 11.3 Å². The van der Waals surface area contributed by atoms with Crippen LogP contribution in [0.3, 0.4) is 0 Å². The number of nitrogens with one attached hydrogen (secondary N) is 1. The Morgan fingerprint density at radius 1 is 1.28 bits per heavy atom. The number of para-hydroxylation sites is 2. The molecule has 1 atom stereocenters. The molecule has 0 radical (unpaired) electrons. The number of fused-ring (bicyclic) bond motifs is 2. The SMILES string of the molecule is O=C(CSc1ncnc2ccsc12)NCC1COc2ccccc2O1. The molecule has 4 rings (SSSR count). The van der Waals surface area contributed by atoms with Gasteiger partial charge < -0.3 is 14.8 Å². The second-order valence-corrected chi connectivity index (χ2v) is 7.28. The summed E-state index contributed by atoms with van der Waals surface area (Å²) in [5.74, 6) is 1.69. The lowest BCUT2D eigenvalue weighted by molar-refractivity contribution is -0.119. The first kappa shape index (κ1) is 16.2. The molecule has 3 heterocycles. The summed E-state index contributed by atoms with van der Waals surface area (Å²) in [7, 11) is 0. The first-order chi connectivity index (χ1) is 12.3. The number of amides is 1. The number of benzene rings is 1. The molecule has 0 spiro atoms. The molecule has 0 aliphatic carbocycles. The number of hydrogen-bond acceptors (Lipinski definition) is 7. The van der Waals surface area contributed by atoms with E-state index in [1.165, 1.54) is 18.1 Å². The number of carbonyl (C=O) groups is 1. The standard InChI is InChI=1S/C17H15N3O3S2/c21-15(9-25-17-16-12(5-6-24-16)19-10-20-17)18-7-11-8-22-13-3-1-2-4-14(13)23-11/h1-6,10-11H,7-9H2,(H,18,21). The van der Waals surface area contributed by atoms with E-state index in [4.69, 9.17) is 9.47 Å². The van der Waals surface area contributed by atoms with Gasteiger partial charge in [-0.25, -0.2) is 9.97 Å². The van der Waals surface area contributed by atoms with Crippen LogP contribution in [0.4, 0.5) is 0 Å². The summed E-state index contributed by atoms with van der Waals surface area (Å²) in [6, 6.07) is 9.48. The summed E-state index contributed by atoms with van der Waals surface area (Å²) < 4.78 is 12.5. The van der Waals surface area contributed by atoms with E-state index in [-0.39, 0.29) is 12.0 Å². The summed E-state index contributed by atoms with van der Waals surface area (Å²) in [6.07, 6.45) is 1.34. The third-order valence-electron chi connectivity index (χ3n) is 3.64. The molecule has 0 fully saturated rings. The van der Waals surface area contributed by atoms with Crippen molar-refractivity contribution in [2.75, 3.05) is 18.9 Å². The van der Waals surface area contributed by atoms with Gasteiger partial charge in [-0.1, -0.05) is 23.9 Å². The third-order valence-corrected chi connectivity index (χ3v) is 5.67. The molecule has 3 aromatic rings. The lowest BCUT2D eigenvalue weighted by Gasteiger charge is -2.26. The average Bonchev–Trinajstić information content (AvgIpc) is 3.14. The van der Waals surface area contributed by atoms with Gasteiger partial charge in [-0.05, 0) is 23.6 Å². The van der Waals surface area contributed by atoms with E-state index in [1.807, 2.05) is 35.7 Å². The van der Waals surface area contributed by atoms with Gasteiger partial charge in [0.15, 0.2) is 11.5 Å². The van der Waals surface area contributed by atoms with Crippen molar-refractivity contribution in [1.29, 1.82) is 0 Å². The number of aromatic nitrogens is 2. The fourth-order valence-corrected chi connectivity index (χ4v) is 4.22. The Labute approximate surface area is 152 Å². The Kier molecular flexibility index (Phi) is 4.71. The van der Waals surface area contributed by atoms with Crippen LogP contribution < -0.4 is 14.8 Å². The number of thiophene rings is 1. The quantitative estimate of drug-likeness (QED) is 0.548. The predicted molar refractivity (Wildman–Crippen MR) is 97.5 cm³/mol. The highest BCUT2D eigenvalue weighted by molar-refractivity contribution is 8.00. The van der Waals surface area contributed by atoms with Gasteiger partial charge >= 0.3 is 0 Å². The molecule has 1 aromatic carbocycles. The van der Waals surface area contributed by atoms with Crippen LogP contribution in [0.15, 0.2) is 47.1 Å². The van der Waals surface area contributed by atoms with E-state index < -0.39 is 0 Å². The van der Waals surface area contributed by atoms with E-state index in [1.54, 1.807) is 11.3 Å². The maximum Gasteiger partial charge on any atom is 0.230 e. The maximum atomic E-state index is 12.1. The Morgan fingerprint density at radius 2 is 2.16 bits per heavy atom. The molecule has 1 N–H and O–H groups in total. The molecule has 25 heavy (non-hydrogen) atoms. The van der Waals surface area contributed by atoms with Crippen LogP contribution in [0.1, 0.15) is 0 Å². The van der Waals surface area contributed by atoms with E-state index >= 15 is 0 Å². The molecule has 1 amide bonds. The number of hydrogen-bond donors (Lipinski definition) is 1. The predicted octanol–water partition coefficient (Wildman–Crippen LogP) is 2.74. The fraction of sp³-hybridized carbons (Fsp3) is 0.235. The van der Waals surface area contributed by atoms with Gasteiger partial charge in [0.25, 0.3) is 0 Å². The zero-order chi connectivity index (χ0) is 17.1. The Morgan fingerprint density at radius 3 is 3.08 bits per heavy atom. The van der Waals surface area contributed by atoms with Gasteiger partial charge in [0.1, 0.15) is 24.1 Å². The Bertz CT molecular complexity index is 899. The van der Waals surface area contributed by atoms with Crippen LogP contribution in [-0.2, 0) is 4.79 Å². The minimum Gasteiger partial charge on any atom is -0.486 e. The summed E-state index contributed by atoms with van der Waals surface area (Å²) in [4.78, 5) is 20.6. The first-order valence-electron chi connectivity index (χ1n) is 7.76. The minimum absolute atomic E-state index is 0.0595. The van der Waals surface area contributed by atoms with E-state index in [2.05, 4.69) is 15.3 Å². The molecule has 0 saturated carbocycles. The van der Waals surface area contributed by atoms with Gasteiger partial charge in [-0.2, -0.15) is 0 Å². The van der Waals surface area contributed by atoms with Crippen molar-refractivity contribution in [2.24, 2.45) is 0 Å². The highest BCUT2D eigenvalue weighted by Crippen LogP contribution is 2.31. The summed E-state index contributed by atoms with van der Waals surface area (Å²) >= 11 is 2.99.